The van der Waals surface area contributed by atoms with Crippen LogP contribution in [0.3, 0.4) is 0 Å². The van der Waals surface area contributed by atoms with Crippen molar-refractivity contribution in [2.45, 2.75) is 13.3 Å². The lowest BCUT2D eigenvalue weighted by atomic mass is 9.93. The van der Waals surface area contributed by atoms with Crippen molar-refractivity contribution in [2.24, 2.45) is 5.92 Å². The van der Waals surface area contributed by atoms with Gasteiger partial charge in [-0.2, -0.15) is 4.39 Å². The first-order valence-corrected chi connectivity index (χ1v) is 5.87. The van der Waals surface area contributed by atoms with Gasteiger partial charge in [-0.1, -0.05) is 37.3 Å². The predicted octanol–water partition coefficient (Wildman–Crippen LogP) is 3.28. The van der Waals surface area contributed by atoms with Gasteiger partial charge in [-0.05, 0) is 24.1 Å². The van der Waals surface area contributed by atoms with Crippen LogP contribution in [0.4, 0.5) is 4.39 Å². The maximum absolute atomic E-state index is 13.4. The third kappa shape index (κ3) is 2.80. The molecule has 2 aromatic rings. The van der Waals surface area contributed by atoms with Crippen molar-refractivity contribution in [1.29, 1.82) is 0 Å². The van der Waals surface area contributed by atoms with Crippen LogP contribution < -0.4 is 0 Å². The van der Waals surface area contributed by atoms with Crippen LogP contribution in [0.25, 0.3) is 0 Å². The van der Waals surface area contributed by atoms with Crippen molar-refractivity contribution in [3.8, 4) is 0 Å². The Balaban J connectivity index is 2.13. The highest BCUT2D eigenvalue weighted by Gasteiger charge is 2.19. The van der Waals surface area contributed by atoms with E-state index >= 15 is 0 Å². The normalized spacial score (nSPS) is 12.1. The number of aromatic nitrogens is 1. The largest absolute Gasteiger partial charge is 0.294 e. The number of halogens is 1. The molecule has 2 rings (SSSR count). The lowest BCUT2D eigenvalue weighted by Gasteiger charge is -2.10. The number of ketones is 1. The molecule has 2 nitrogen and oxygen atoms in total. The van der Waals surface area contributed by atoms with Crippen molar-refractivity contribution < 1.29 is 9.18 Å². The molecule has 1 aromatic heterocycles. The molecule has 0 amide bonds. The highest BCUT2D eigenvalue weighted by Crippen LogP contribution is 2.15. The molecule has 0 aliphatic heterocycles. The second kappa shape index (κ2) is 5.54. The van der Waals surface area contributed by atoms with Crippen molar-refractivity contribution in [3.63, 3.8) is 0 Å². The lowest BCUT2D eigenvalue weighted by molar-refractivity contribution is 0.0924. The van der Waals surface area contributed by atoms with Gasteiger partial charge < -0.3 is 0 Å². The maximum atomic E-state index is 13.4. The van der Waals surface area contributed by atoms with Gasteiger partial charge in [0.05, 0.1) is 5.56 Å². The number of hydrogen-bond donors (Lipinski definition) is 0. The van der Waals surface area contributed by atoms with Gasteiger partial charge in [-0.25, -0.2) is 4.98 Å². The molecule has 1 aromatic carbocycles. The molecule has 0 saturated heterocycles. The van der Waals surface area contributed by atoms with E-state index in [-0.39, 0.29) is 17.3 Å². The van der Waals surface area contributed by atoms with Crippen LogP contribution in [0.2, 0.25) is 0 Å². The molecule has 0 radical (unpaired) electrons. The van der Waals surface area contributed by atoms with Crippen LogP contribution in [-0.4, -0.2) is 10.8 Å². The van der Waals surface area contributed by atoms with Gasteiger partial charge >= 0.3 is 0 Å². The first-order valence-electron chi connectivity index (χ1n) is 5.87. The molecular formula is C15H14FNO. The van der Waals surface area contributed by atoms with Gasteiger partial charge in [0.15, 0.2) is 5.78 Å². The quantitative estimate of drug-likeness (QED) is 0.609. The molecule has 1 unspecified atom stereocenters. The zero-order valence-electron chi connectivity index (χ0n) is 10.1. The Kier molecular flexibility index (Phi) is 3.82. The van der Waals surface area contributed by atoms with Crippen LogP contribution >= 0.6 is 0 Å². The number of pyridine rings is 1. The Morgan fingerprint density at radius 3 is 2.61 bits per heavy atom. The van der Waals surface area contributed by atoms with E-state index in [1.807, 2.05) is 37.3 Å². The fraction of sp³-hybridized carbons (Fsp3) is 0.200. The van der Waals surface area contributed by atoms with E-state index in [9.17, 15) is 9.18 Å². The zero-order chi connectivity index (χ0) is 13.0. The Hall–Kier alpha value is -2.03. The van der Waals surface area contributed by atoms with Gasteiger partial charge in [0.1, 0.15) is 0 Å². The van der Waals surface area contributed by atoms with E-state index in [1.54, 1.807) is 6.07 Å². The molecule has 1 atom stereocenters. The average molecular weight is 243 g/mol. The summed E-state index contributed by atoms with van der Waals surface area (Å²) in [4.78, 5) is 15.6. The van der Waals surface area contributed by atoms with Gasteiger partial charge in [-0.15, -0.1) is 0 Å². The smallest absolute Gasteiger partial charge is 0.223 e. The minimum absolute atomic E-state index is 0.0703. The van der Waals surface area contributed by atoms with Crippen molar-refractivity contribution in [2.75, 3.05) is 0 Å². The van der Waals surface area contributed by atoms with E-state index in [2.05, 4.69) is 4.98 Å². The van der Waals surface area contributed by atoms with Crippen molar-refractivity contribution in [1.82, 2.24) is 4.98 Å². The first-order chi connectivity index (χ1) is 8.68. The van der Waals surface area contributed by atoms with Gasteiger partial charge in [-0.3, -0.25) is 4.79 Å². The molecule has 92 valence electrons. The Labute approximate surface area is 105 Å². The second-order valence-corrected chi connectivity index (χ2v) is 4.30. The maximum Gasteiger partial charge on any atom is 0.223 e. The topological polar surface area (TPSA) is 30.0 Å². The van der Waals surface area contributed by atoms with Crippen LogP contribution in [0.5, 0.6) is 0 Å². The molecule has 0 saturated carbocycles. The van der Waals surface area contributed by atoms with E-state index < -0.39 is 5.95 Å². The summed E-state index contributed by atoms with van der Waals surface area (Å²) < 4.78 is 13.4. The van der Waals surface area contributed by atoms with E-state index in [4.69, 9.17) is 0 Å². The van der Waals surface area contributed by atoms with E-state index in [1.165, 1.54) is 12.3 Å². The van der Waals surface area contributed by atoms with Crippen molar-refractivity contribution in [3.05, 3.63) is 65.7 Å². The molecule has 0 aliphatic rings. The minimum atomic E-state index is -0.692. The van der Waals surface area contributed by atoms with Crippen LogP contribution in [-0.2, 0) is 6.42 Å². The SMILES string of the molecule is CC(Cc1ccccc1)C(=O)c1cccnc1F. The predicted molar refractivity (Wildman–Crippen MR) is 67.8 cm³/mol. The summed E-state index contributed by atoms with van der Waals surface area (Å²) in [7, 11) is 0. The fourth-order valence-electron chi connectivity index (χ4n) is 1.90. The molecule has 0 bridgehead atoms. The number of Topliss-reactive ketones (excluding diaryl/α,β-unsaturated/α-hetero) is 1. The monoisotopic (exact) mass is 243 g/mol. The lowest BCUT2D eigenvalue weighted by Crippen LogP contribution is -2.16. The third-order valence-corrected chi connectivity index (χ3v) is 2.86. The summed E-state index contributed by atoms with van der Waals surface area (Å²) in [5.74, 6) is -1.15. The van der Waals surface area contributed by atoms with Gasteiger partial charge in [0, 0.05) is 12.1 Å². The number of nitrogens with zero attached hydrogens (tertiary/aromatic N) is 1. The molecule has 0 aliphatic carbocycles. The third-order valence-electron chi connectivity index (χ3n) is 2.86. The molecule has 18 heavy (non-hydrogen) atoms. The highest BCUT2D eigenvalue weighted by molar-refractivity contribution is 5.97. The van der Waals surface area contributed by atoms with Crippen LogP contribution in [0.15, 0.2) is 48.7 Å². The van der Waals surface area contributed by atoms with E-state index in [0.29, 0.717) is 6.42 Å². The molecule has 1 heterocycles. The van der Waals surface area contributed by atoms with Crippen molar-refractivity contribution >= 4 is 5.78 Å². The molecule has 3 heteroatoms. The van der Waals surface area contributed by atoms with Crippen LogP contribution in [0, 0.1) is 11.9 Å². The van der Waals surface area contributed by atoms with Gasteiger partial charge in [0.2, 0.25) is 5.95 Å². The van der Waals surface area contributed by atoms with E-state index in [0.717, 1.165) is 5.56 Å². The number of rotatable bonds is 4. The Morgan fingerprint density at radius 2 is 1.94 bits per heavy atom. The molecule has 0 fully saturated rings. The zero-order valence-corrected chi connectivity index (χ0v) is 10.1. The summed E-state index contributed by atoms with van der Waals surface area (Å²) in [6.07, 6.45) is 1.95. The summed E-state index contributed by atoms with van der Waals surface area (Å²) in [5.41, 5.74) is 1.14. The fourth-order valence-corrected chi connectivity index (χ4v) is 1.90. The van der Waals surface area contributed by atoms with Gasteiger partial charge in [0.25, 0.3) is 0 Å². The number of carbonyl (C=O) groups is 1. The molecular weight excluding hydrogens is 229 g/mol. The minimum Gasteiger partial charge on any atom is -0.294 e. The summed E-state index contributed by atoms with van der Waals surface area (Å²) in [6, 6.07) is 12.8. The number of hydrogen-bond acceptors (Lipinski definition) is 2. The molecule has 0 N–H and O–H groups in total. The number of benzene rings is 1. The second-order valence-electron chi connectivity index (χ2n) is 4.30. The Bertz CT molecular complexity index is 539. The molecule has 0 spiro atoms. The summed E-state index contributed by atoms with van der Waals surface area (Å²) in [5, 5.41) is 0. The first kappa shape index (κ1) is 12.4. The standard InChI is InChI=1S/C15H14FNO/c1-11(10-12-6-3-2-4-7-12)14(18)13-8-5-9-17-15(13)16/h2-9,11H,10H2,1H3. The Morgan fingerprint density at radius 1 is 1.22 bits per heavy atom. The summed E-state index contributed by atoms with van der Waals surface area (Å²) in [6.45, 7) is 1.81. The van der Waals surface area contributed by atoms with Crippen LogP contribution in [0.1, 0.15) is 22.8 Å². The average Bonchev–Trinajstić information content (AvgIpc) is 2.39. The highest BCUT2D eigenvalue weighted by atomic mass is 19.1. The number of carbonyl (C=O) groups excluding carboxylic acids is 1. The summed E-state index contributed by atoms with van der Waals surface area (Å²) >= 11 is 0.